The Kier molecular flexibility index (Phi) is 3.19. The molecule has 2 aromatic heterocycles. The average Bonchev–Trinajstić information content (AvgIpc) is 2.69. The van der Waals surface area contributed by atoms with Crippen molar-refractivity contribution < 1.29 is 4.42 Å². The predicted molar refractivity (Wildman–Crippen MR) is 62.4 cm³/mol. The van der Waals surface area contributed by atoms with Gasteiger partial charge in [0.2, 0.25) is 5.95 Å². The third kappa shape index (κ3) is 2.82. The fourth-order valence-electron chi connectivity index (χ4n) is 1.56. The standard InChI is InChI=1S/C12H15N3O/c1-9-8-10(2)15-12(14-9)13-6-5-11-4-3-7-16-11/h3-4,7-8H,5-6H2,1-2H3,(H,13,14,15). The van der Waals surface area contributed by atoms with Crippen molar-refractivity contribution in [2.24, 2.45) is 0 Å². The van der Waals surface area contributed by atoms with Crippen LogP contribution < -0.4 is 5.32 Å². The molecule has 0 aliphatic heterocycles. The zero-order chi connectivity index (χ0) is 11.4. The Balaban J connectivity index is 1.89. The van der Waals surface area contributed by atoms with Crippen LogP contribution in [-0.2, 0) is 6.42 Å². The quantitative estimate of drug-likeness (QED) is 0.854. The molecule has 0 atom stereocenters. The maximum atomic E-state index is 5.24. The molecule has 0 fully saturated rings. The highest BCUT2D eigenvalue weighted by molar-refractivity contribution is 5.27. The minimum Gasteiger partial charge on any atom is -0.469 e. The molecule has 0 aliphatic rings. The van der Waals surface area contributed by atoms with Crippen LogP contribution in [0.25, 0.3) is 0 Å². The predicted octanol–water partition coefficient (Wildman–Crippen LogP) is 2.34. The lowest BCUT2D eigenvalue weighted by Gasteiger charge is -2.05. The second-order valence-corrected chi connectivity index (χ2v) is 3.73. The van der Waals surface area contributed by atoms with Crippen LogP contribution in [0.4, 0.5) is 5.95 Å². The first-order valence-corrected chi connectivity index (χ1v) is 5.32. The molecule has 84 valence electrons. The number of furan rings is 1. The summed E-state index contributed by atoms with van der Waals surface area (Å²) in [5.74, 6) is 1.65. The molecule has 0 spiro atoms. The van der Waals surface area contributed by atoms with Crippen LogP contribution in [0.3, 0.4) is 0 Å². The van der Waals surface area contributed by atoms with Crippen LogP contribution in [0.2, 0.25) is 0 Å². The first-order valence-electron chi connectivity index (χ1n) is 5.32. The molecule has 2 heterocycles. The van der Waals surface area contributed by atoms with Gasteiger partial charge in [-0.05, 0) is 32.0 Å². The summed E-state index contributed by atoms with van der Waals surface area (Å²) in [6, 6.07) is 5.81. The van der Waals surface area contributed by atoms with Gasteiger partial charge in [0.05, 0.1) is 6.26 Å². The monoisotopic (exact) mass is 217 g/mol. The maximum Gasteiger partial charge on any atom is 0.223 e. The van der Waals surface area contributed by atoms with Crippen LogP contribution in [0.5, 0.6) is 0 Å². The van der Waals surface area contributed by atoms with Gasteiger partial charge in [-0.25, -0.2) is 9.97 Å². The second-order valence-electron chi connectivity index (χ2n) is 3.73. The zero-order valence-electron chi connectivity index (χ0n) is 9.53. The molecule has 0 saturated heterocycles. The minimum absolute atomic E-state index is 0.684. The number of nitrogens with zero attached hydrogens (tertiary/aromatic N) is 2. The van der Waals surface area contributed by atoms with E-state index in [0.29, 0.717) is 5.95 Å². The molecule has 0 radical (unpaired) electrons. The number of hydrogen-bond acceptors (Lipinski definition) is 4. The van der Waals surface area contributed by atoms with Crippen molar-refractivity contribution in [1.82, 2.24) is 9.97 Å². The largest absolute Gasteiger partial charge is 0.469 e. The molecule has 0 aromatic carbocycles. The number of aryl methyl sites for hydroxylation is 2. The molecular weight excluding hydrogens is 202 g/mol. The van der Waals surface area contributed by atoms with Crippen LogP contribution in [0.1, 0.15) is 17.1 Å². The Hall–Kier alpha value is -1.84. The van der Waals surface area contributed by atoms with Gasteiger partial charge < -0.3 is 9.73 Å². The number of aromatic nitrogens is 2. The van der Waals surface area contributed by atoms with Crippen molar-refractivity contribution in [3.8, 4) is 0 Å². The molecule has 4 heteroatoms. The molecule has 0 amide bonds. The molecule has 0 aliphatic carbocycles. The van der Waals surface area contributed by atoms with Crippen LogP contribution >= 0.6 is 0 Å². The summed E-state index contributed by atoms with van der Waals surface area (Å²) in [6.07, 6.45) is 2.52. The van der Waals surface area contributed by atoms with E-state index in [0.717, 1.165) is 30.1 Å². The summed E-state index contributed by atoms with van der Waals surface area (Å²) in [7, 11) is 0. The molecular formula is C12H15N3O. The number of nitrogens with one attached hydrogen (secondary N) is 1. The summed E-state index contributed by atoms with van der Waals surface area (Å²) in [5, 5.41) is 3.18. The van der Waals surface area contributed by atoms with E-state index in [-0.39, 0.29) is 0 Å². The molecule has 0 saturated carbocycles. The first kappa shape index (κ1) is 10.7. The fourth-order valence-corrected chi connectivity index (χ4v) is 1.56. The highest BCUT2D eigenvalue weighted by Gasteiger charge is 1.99. The third-order valence-corrected chi connectivity index (χ3v) is 2.22. The van der Waals surface area contributed by atoms with E-state index in [1.807, 2.05) is 32.0 Å². The Morgan fingerprint density at radius 2 is 2.00 bits per heavy atom. The molecule has 1 N–H and O–H groups in total. The van der Waals surface area contributed by atoms with Crippen LogP contribution in [0, 0.1) is 13.8 Å². The van der Waals surface area contributed by atoms with Gasteiger partial charge in [0, 0.05) is 24.4 Å². The zero-order valence-corrected chi connectivity index (χ0v) is 9.53. The van der Waals surface area contributed by atoms with E-state index in [1.54, 1.807) is 6.26 Å². The lowest BCUT2D eigenvalue weighted by molar-refractivity contribution is 0.512. The Morgan fingerprint density at radius 1 is 1.25 bits per heavy atom. The summed E-state index contributed by atoms with van der Waals surface area (Å²) < 4.78 is 5.24. The Morgan fingerprint density at radius 3 is 2.62 bits per heavy atom. The fraction of sp³-hybridized carbons (Fsp3) is 0.333. The number of rotatable bonds is 4. The highest BCUT2D eigenvalue weighted by Crippen LogP contribution is 2.05. The number of anilines is 1. The summed E-state index contributed by atoms with van der Waals surface area (Å²) in [6.45, 7) is 4.70. The van der Waals surface area contributed by atoms with Crippen molar-refractivity contribution in [2.75, 3.05) is 11.9 Å². The van der Waals surface area contributed by atoms with E-state index in [9.17, 15) is 0 Å². The van der Waals surface area contributed by atoms with Crippen molar-refractivity contribution in [2.45, 2.75) is 20.3 Å². The minimum atomic E-state index is 0.684. The summed E-state index contributed by atoms with van der Waals surface area (Å²) in [4.78, 5) is 8.60. The highest BCUT2D eigenvalue weighted by atomic mass is 16.3. The number of hydrogen-bond donors (Lipinski definition) is 1. The normalized spacial score (nSPS) is 10.4. The summed E-state index contributed by atoms with van der Waals surface area (Å²) >= 11 is 0. The molecule has 16 heavy (non-hydrogen) atoms. The Bertz CT molecular complexity index is 431. The molecule has 2 aromatic rings. The van der Waals surface area contributed by atoms with E-state index in [4.69, 9.17) is 4.42 Å². The van der Waals surface area contributed by atoms with Gasteiger partial charge >= 0.3 is 0 Å². The van der Waals surface area contributed by atoms with Gasteiger partial charge in [-0.1, -0.05) is 0 Å². The van der Waals surface area contributed by atoms with E-state index < -0.39 is 0 Å². The molecule has 4 nitrogen and oxygen atoms in total. The lowest BCUT2D eigenvalue weighted by atomic mass is 10.3. The van der Waals surface area contributed by atoms with Gasteiger partial charge in [0.1, 0.15) is 5.76 Å². The van der Waals surface area contributed by atoms with Gasteiger partial charge in [0.15, 0.2) is 0 Å². The van der Waals surface area contributed by atoms with Gasteiger partial charge in [-0.3, -0.25) is 0 Å². The second kappa shape index (κ2) is 4.79. The third-order valence-electron chi connectivity index (χ3n) is 2.22. The van der Waals surface area contributed by atoms with Gasteiger partial charge in [-0.2, -0.15) is 0 Å². The van der Waals surface area contributed by atoms with Crippen molar-refractivity contribution in [1.29, 1.82) is 0 Å². The summed E-state index contributed by atoms with van der Waals surface area (Å²) in [5.41, 5.74) is 1.96. The van der Waals surface area contributed by atoms with Crippen LogP contribution in [0.15, 0.2) is 28.9 Å². The van der Waals surface area contributed by atoms with Crippen molar-refractivity contribution >= 4 is 5.95 Å². The molecule has 0 unspecified atom stereocenters. The van der Waals surface area contributed by atoms with Gasteiger partial charge in [-0.15, -0.1) is 0 Å². The molecule has 2 rings (SSSR count). The van der Waals surface area contributed by atoms with E-state index in [2.05, 4.69) is 15.3 Å². The smallest absolute Gasteiger partial charge is 0.223 e. The van der Waals surface area contributed by atoms with E-state index in [1.165, 1.54) is 0 Å². The topological polar surface area (TPSA) is 51.0 Å². The SMILES string of the molecule is Cc1cc(C)nc(NCCc2ccco2)n1. The van der Waals surface area contributed by atoms with Crippen LogP contribution in [-0.4, -0.2) is 16.5 Å². The first-order chi connectivity index (χ1) is 7.74. The van der Waals surface area contributed by atoms with Gasteiger partial charge in [0.25, 0.3) is 0 Å². The molecule has 0 bridgehead atoms. The maximum absolute atomic E-state index is 5.24. The average molecular weight is 217 g/mol. The lowest BCUT2D eigenvalue weighted by Crippen LogP contribution is -2.08. The van der Waals surface area contributed by atoms with Crippen molar-refractivity contribution in [3.05, 3.63) is 41.6 Å². The van der Waals surface area contributed by atoms with Crippen molar-refractivity contribution in [3.63, 3.8) is 0 Å². The van der Waals surface area contributed by atoms with E-state index >= 15 is 0 Å². The Labute approximate surface area is 94.7 Å².